The lowest BCUT2D eigenvalue weighted by atomic mass is 9.98. The van der Waals surface area contributed by atoms with Gasteiger partial charge in [-0.05, 0) is 41.0 Å². The van der Waals surface area contributed by atoms with Crippen LogP contribution in [0.2, 0.25) is 0 Å². The molecule has 1 unspecified atom stereocenters. The lowest BCUT2D eigenvalue weighted by Crippen LogP contribution is -2.62. The normalized spacial score (nSPS) is 20.4. The van der Waals surface area contributed by atoms with Gasteiger partial charge in [0, 0.05) is 10.6 Å². The van der Waals surface area contributed by atoms with Crippen molar-refractivity contribution in [1.82, 2.24) is 0 Å². The minimum atomic E-state index is -4.95. The van der Waals surface area contributed by atoms with E-state index in [9.17, 15) is 13.2 Å². The lowest BCUT2D eigenvalue weighted by molar-refractivity contribution is -0.313. The monoisotopic (exact) mass is 757 g/mol. The van der Waals surface area contributed by atoms with Gasteiger partial charge in [-0.1, -0.05) is 127 Å². The molecule has 1 aliphatic rings. The molecule has 1 aliphatic heterocycles. The third kappa shape index (κ3) is 12.0. The molecule has 54 heavy (non-hydrogen) atoms. The summed E-state index contributed by atoms with van der Waals surface area (Å²) in [5.74, 6) is -0.970. The number of hydrogen-bond acceptors (Lipinski definition) is 8. The van der Waals surface area contributed by atoms with E-state index >= 15 is 0 Å². The fourth-order valence-corrected chi connectivity index (χ4v) is 6.59. The van der Waals surface area contributed by atoms with Crippen LogP contribution >= 0.6 is 11.8 Å². The molecule has 0 radical (unpaired) electrons. The highest BCUT2D eigenvalue weighted by molar-refractivity contribution is 7.99. The van der Waals surface area contributed by atoms with Crippen LogP contribution in [0.5, 0.6) is 0 Å². The van der Waals surface area contributed by atoms with Crippen molar-refractivity contribution >= 4 is 23.3 Å². The number of alkyl halides is 3. The van der Waals surface area contributed by atoms with Crippen molar-refractivity contribution in [3.63, 3.8) is 0 Å². The van der Waals surface area contributed by atoms with Gasteiger partial charge in [0.1, 0.15) is 24.4 Å². The fraction of sp³-hybridized carbons (Fsp3) is 0.279. The maximum atomic E-state index is 14.7. The molecule has 0 spiro atoms. The van der Waals surface area contributed by atoms with Crippen LogP contribution in [-0.2, 0) is 48.2 Å². The predicted molar refractivity (Wildman–Crippen MR) is 202 cm³/mol. The molecule has 282 valence electrons. The molecule has 6 rings (SSSR count). The fourth-order valence-electron chi connectivity index (χ4n) is 5.82. The molecule has 0 aromatic heterocycles. The quantitative estimate of drug-likeness (QED) is 0.0405. The largest absolute Gasteiger partial charge is 0.468 e. The van der Waals surface area contributed by atoms with Gasteiger partial charge in [0.2, 0.25) is 6.29 Å². The molecule has 5 aromatic rings. The molecule has 11 heteroatoms. The molecule has 0 amide bonds. The number of thioether (sulfide) groups is 1. The number of hydrogen-bond donors (Lipinski definition) is 0. The van der Waals surface area contributed by atoms with Crippen LogP contribution in [0.15, 0.2) is 162 Å². The van der Waals surface area contributed by atoms with Gasteiger partial charge in [-0.15, -0.1) is 11.8 Å². The molecular formula is C43H42F3NO6S. The number of ether oxygens (including phenoxy) is 6. The lowest BCUT2D eigenvalue weighted by Gasteiger charge is -2.45. The van der Waals surface area contributed by atoms with Crippen molar-refractivity contribution in [2.45, 2.75) is 61.6 Å². The summed E-state index contributed by atoms with van der Waals surface area (Å²) >= 11 is 1.56. The Morgan fingerprint density at radius 1 is 0.593 bits per heavy atom. The summed E-state index contributed by atoms with van der Waals surface area (Å²) in [5, 5.41) is 0. The first-order valence-corrected chi connectivity index (χ1v) is 18.7. The summed E-state index contributed by atoms with van der Waals surface area (Å²) in [7, 11) is 0. The van der Waals surface area contributed by atoms with Gasteiger partial charge in [0.15, 0.2) is 0 Å². The topological polar surface area (TPSA) is 67.7 Å². The second-order valence-electron chi connectivity index (χ2n) is 12.4. The number of halogens is 3. The predicted octanol–water partition coefficient (Wildman–Crippen LogP) is 9.59. The summed E-state index contributed by atoms with van der Waals surface area (Å²) in [5.41, 5.74) is 2.75. The van der Waals surface area contributed by atoms with Gasteiger partial charge in [-0.2, -0.15) is 13.2 Å². The Morgan fingerprint density at radius 2 is 1.09 bits per heavy atom. The van der Waals surface area contributed by atoms with Crippen LogP contribution in [0.4, 0.5) is 18.9 Å². The summed E-state index contributed by atoms with van der Waals surface area (Å²) < 4.78 is 82.0. The zero-order valence-electron chi connectivity index (χ0n) is 29.5. The second-order valence-corrected chi connectivity index (χ2v) is 13.6. The molecule has 1 saturated heterocycles. The maximum absolute atomic E-state index is 14.7. The summed E-state index contributed by atoms with van der Waals surface area (Å²) in [6.45, 7) is 0.668. The van der Waals surface area contributed by atoms with Crippen molar-refractivity contribution in [2.75, 3.05) is 19.0 Å². The van der Waals surface area contributed by atoms with Crippen molar-refractivity contribution < 1.29 is 41.6 Å². The van der Waals surface area contributed by atoms with E-state index in [0.29, 0.717) is 5.75 Å². The van der Waals surface area contributed by atoms with Crippen LogP contribution in [0.1, 0.15) is 16.7 Å². The molecule has 0 N–H and O–H groups in total. The van der Waals surface area contributed by atoms with E-state index in [-0.39, 0.29) is 38.7 Å². The van der Waals surface area contributed by atoms with Crippen LogP contribution in [0.3, 0.4) is 0 Å². The minimum absolute atomic E-state index is 0.0346. The molecule has 5 atom stereocenters. The van der Waals surface area contributed by atoms with Gasteiger partial charge >= 0.3 is 6.18 Å². The smallest absolute Gasteiger partial charge is 0.441 e. The average molecular weight is 758 g/mol. The summed E-state index contributed by atoms with van der Waals surface area (Å²) in [6, 6.07) is 46.3. The van der Waals surface area contributed by atoms with E-state index in [4.69, 9.17) is 28.4 Å². The number of aliphatic imine (C=N–C) groups is 1. The Kier molecular flexibility index (Phi) is 14.7. The van der Waals surface area contributed by atoms with E-state index < -0.39 is 42.8 Å². The van der Waals surface area contributed by atoms with Crippen LogP contribution in [-0.4, -0.2) is 61.7 Å². The van der Waals surface area contributed by atoms with Crippen LogP contribution < -0.4 is 0 Å². The highest BCUT2D eigenvalue weighted by Crippen LogP contribution is 2.34. The summed E-state index contributed by atoms with van der Waals surface area (Å²) in [4.78, 5) is 4.89. The number of benzene rings is 5. The first-order chi connectivity index (χ1) is 26.4. The Bertz CT molecular complexity index is 1820. The molecule has 0 saturated carbocycles. The molecule has 7 nitrogen and oxygen atoms in total. The molecular weight excluding hydrogens is 716 g/mol. The zero-order valence-corrected chi connectivity index (χ0v) is 30.3. The Morgan fingerprint density at radius 3 is 1.65 bits per heavy atom. The third-order valence-corrected chi connectivity index (χ3v) is 9.39. The van der Waals surface area contributed by atoms with Crippen LogP contribution in [0, 0.1) is 0 Å². The van der Waals surface area contributed by atoms with E-state index in [1.807, 2.05) is 121 Å². The maximum Gasteiger partial charge on any atom is 0.468 e. The Balaban J connectivity index is 1.34. The van der Waals surface area contributed by atoms with Gasteiger partial charge in [-0.3, -0.25) is 0 Å². The highest BCUT2D eigenvalue weighted by atomic mass is 32.2. The Hall–Kier alpha value is -4.49. The van der Waals surface area contributed by atoms with Crippen molar-refractivity contribution in [3.05, 3.63) is 168 Å². The molecule has 5 aromatic carbocycles. The average Bonchev–Trinajstić information content (AvgIpc) is 3.20. The second kappa shape index (κ2) is 20.3. The van der Waals surface area contributed by atoms with Crippen molar-refractivity contribution in [3.8, 4) is 0 Å². The molecule has 1 heterocycles. The first-order valence-electron chi connectivity index (χ1n) is 17.7. The number of para-hydroxylation sites is 1. The van der Waals surface area contributed by atoms with Crippen molar-refractivity contribution in [2.24, 2.45) is 4.99 Å². The number of rotatable bonds is 17. The van der Waals surface area contributed by atoms with E-state index in [2.05, 4.69) is 4.99 Å². The minimum Gasteiger partial charge on any atom is -0.441 e. The molecule has 1 fully saturated rings. The van der Waals surface area contributed by atoms with Gasteiger partial charge in [0.05, 0.1) is 38.7 Å². The van der Waals surface area contributed by atoms with Crippen molar-refractivity contribution in [1.29, 1.82) is 0 Å². The van der Waals surface area contributed by atoms with E-state index in [1.165, 1.54) is 12.1 Å². The van der Waals surface area contributed by atoms with Gasteiger partial charge < -0.3 is 28.4 Å². The van der Waals surface area contributed by atoms with Gasteiger partial charge in [-0.25, -0.2) is 4.99 Å². The van der Waals surface area contributed by atoms with E-state index in [1.54, 1.807) is 30.0 Å². The Labute approximate surface area is 318 Å². The standard InChI is InChI=1S/C43H42F3NO6S/c44-43(45,46)42(47-35-22-12-4-13-23-35)53-41-40(49-26-27-54-36-24-14-5-15-25-36)39(51-30-34-20-10-3-11-21-34)38(50-29-33-18-8-2-9-19-33)37(52-41)31-48-28-32-16-6-1-7-17-32/h1-25,37-41H,26-31H2/t37-,38+,39+,40-,41?/m1/s1. The molecule has 0 aliphatic carbocycles. The summed E-state index contributed by atoms with van der Waals surface area (Å²) in [6.07, 6.45) is -10.4. The van der Waals surface area contributed by atoms with Crippen LogP contribution in [0.25, 0.3) is 0 Å². The zero-order chi connectivity index (χ0) is 37.4. The van der Waals surface area contributed by atoms with E-state index in [0.717, 1.165) is 21.6 Å². The van der Waals surface area contributed by atoms with Gasteiger partial charge in [0.25, 0.3) is 5.90 Å². The SMILES string of the molecule is FC(F)(F)C(=Nc1ccccc1)OC1O[C@H](COCc2ccccc2)[C@H](OCc2ccccc2)[C@H](OCc2ccccc2)[C@H]1OCCSc1ccccc1. The first kappa shape index (κ1) is 39.2. The third-order valence-electron chi connectivity index (χ3n) is 8.42. The molecule has 0 bridgehead atoms. The highest BCUT2D eigenvalue weighted by Gasteiger charge is 2.52. The number of nitrogens with zero attached hydrogens (tertiary/aromatic N) is 1.